The van der Waals surface area contributed by atoms with Gasteiger partial charge in [0.05, 0.1) is 5.92 Å². The summed E-state index contributed by atoms with van der Waals surface area (Å²) in [5, 5.41) is 3.91. The maximum absolute atomic E-state index is 13.2. The first kappa shape index (κ1) is 16.5. The molecular formula is C20H21FN4O2. The normalized spacial score (nSPS) is 24.6. The van der Waals surface area contributed by atoms with Gasteiger partial charge in [-0.25, -0.2) is 9.37 Å². The summed E-state index contributed by atoms with van der Waals surface area (Å²) in [4.78, 5) is 33.7. The molecule has 2 aliphatic carbocycles. The molecule has 3 heterocycles. The third-order valence-electron chi connectivity index (χ3n) is 5.62. The van der Waals surface area contributed by atoms with E-state index in [4.69, 9.17) is 0 Å². The number of aromatic amines is 1. The standard InChI is InChI=1S/C20H21FN4O2/c21-16-9-15(16)20(27)25-7-4-11(5-8-25)14-10-17(24-19(26)12-1-2-12)23-18-13(14)3-6-22-18/h3-4,6,10,12,15-16H,1-2,5,7-9H2,(H2,22,23,24,26). The number of aromatic nitrogens is 2. The van der Waals surface area contributed by atoms with Crippen LogP contribution in [0, 0.1) is 11.8 Å². The fourth-order valence-corrected chi connectivity index (χ4v) is 3.71. The number of halogens is 1. The summed E-state index contributed by atoms with van der Waals surface area (Å²) in [6.45, 7) is 1.08. The summed E-state index contributed by atoms with van der Waals surface area (Å²) >= 11 is 0. The lowest BCUT2D eigenvalue weighted by atomic mass is 9.97. The highest BCUT2D eigenvalue weighted by Gasteiger charge is 2.45. The SMILES string of the molecule is O=C(Nc1cc(C2=CCN(C(=O)C3CC3F)CC2)c2cc[nH]c2n1)C1CC1. The average Bonchev–Trinajstić information content (AvgIpc) is 3.59. The Hall–Kier alpha value is -2.70. The third-order valence-corrected chi connectivity index (χ3v) is 5.62. The number of H-pyrrole nitrogens is 1. The quantitative estimate of drug-likeness (QED) is 0.871. The van der Waals surface area contributed by atoms with Crippen LogP contribution in [0.3, 0.4) is 0 Å². The van der Waals surface area contributed by atoms with Gasteiger partial charge < -0.3 is 15.2 Å². The average molecular weight is 368 g/mol. The Labute approximate surface area is 155 Å². The lowest BCUT2D eigenvalue weighted by Crippen LogP contribution is -2.36. The number of pyridine rings is 1. The molecular weight excluding hydrogens is 347 g/mol. The van der Waals surface area contributed by atoms with Gasteiger partial charge in [0.15, 0.2) is 0 Å². The van der Waals surface area contributed by atoms with E-state index in [2.05, 4.69) is 15.3 Å². The van der Waals surface area contributed by atoms with E-state index in [9.17, 15) is 14.0 Å². The second kappa shape index (κ2) is 6.18. The van der Waals surface area contributed by atoms with Crippen molar-refractivity contribution >= 4 is 34.2 Å². The van der Waals surface area contributed by atoms with Crippen LogP contribution < -0.4 is 5.32 Å². The molecule has 0 aromatic carbocycles. The van der Waals surface area contributed by atoms with Crippen molar-refractivity contribution in [2.75, 3.05) is 18.4 Å². The molecule has 0 saturated heterocycles. The monoisotopic (exact) mass is 368 g/mol. The number of fused-ring (bicyclic) bond motifs is 1. The van der Waals surface area contributed by atoms with Crippen molar-refractivity contribution in [1.29, 1.82) is 0 Å². The summed E-state index contributed by atoms with van der Waals surface area (Å²) in [5.41, 5.74) is 2.88. The second-order valence-electron chi connectivity index (χ2n) is 7.68. The Morgan fingerprint density at radius 3 is 2.81 bits per heavy atom. The predicted octanol–water partition coefficient (Wildman–Crippen LogP) is 2.89. The number of alkyl halides is 1. The first-order chi connectivity index (χ1) is 13.1. The van der Waals surface area contributed by atoms with E-state index < -0.39 is 12.1 Å². The molecule has 2 atom stereocenters. The number of hydrogen-bond acceptors (Lipinski definition) is 3. The van der Waals surface area contributed by atoms with Crippen molar-refractivity contribution in [3.8, 4) is 0 Å². The van der Waals surface area contributed by atoms with Crippen LogP contribution in [-0.4, -0.2) is 45.9 Å². The number of carbonyl (C=O) groups is 2. The van der Waals surface area contributed by atoms with Crippen LogP contribution in [0.2, 0.25) is 0 Å². The maximum Gasteiger partial charge on any atom is 0.229 e. The van der Waals surface area contributed by atoms with Gasteiger partial charge in [0.2, 0.25) is 11.8 Å². The molecule has 2 amide bonds. The number of amides is 2. The summed E-state index contributed by atoms with van der Waals surface area (Å²) < 4.78 is 13.2. The van der Waals surface area contributed by atoms with Crippen LogP contribution in [0.1, 0.15) is 31.2 Å². The fraction of sp³-hybridized carbons (Fsp3) is 0.450. The molecule has 2 unspecified atom stereocenters. The smallest absolute Gasteiger partial charge is 0.229 e. The molecule has 0 spiro atoms. The van der Waals surface area contributed by atoms with Gasteiger partial charge in [0.1, 0.15) is 17.6 Å². The molecule has 0 radical (unpaired) electrons. The van der Waals surface area contributed by atoms with Crippen molar-refractivity contribution < 1.29 is 14.0 Å². The highest BCUT2D eigenvalue weighted by Crippen LogP contribution is 2.37. The minimum Gasteiger partial charge on any atom is -0.346 e. The van der Waals surface area contributed by atoms with E-state index in [1.54, 1.807) is 4.90 Å². The van der Waals surface area contributed by atoms with Crippen molar-refractivity contribution in [3.05, 3.63) is 30.0 Å². The minimum absolute atomic E-state index is 0.0268. The molecule has 2 aromatic heterocycles. The molecule has 27 heavy (non-hydrogen) atoms. The van der Waals surface area contributed by atoms with E-state index in [1.165, 1.54) is 0 Å². The zero-order valence-corrected chi connectivity index (χ0v) is 14.9. The Kier molecular flexibility index (Phi) is 3.77. The molecule has 2 aromatic rings. The van der Waals surface area contributed by atoms with Gasteiger partial charge in [0.25, 0.3) is 0 Å². The fourth-order valence-electron chi connectivity index (χ4n) is 3.71. The number of hydrogen-bond donors (Lipinski definition) is 2. The van der Waals surface area contributed by atoms with E-state index in [-0.39, 0.29) is 17.7 Å². The zero-order chi connectivity index (χ0) is 18.5. The van der Waals surface area contributed by atoms with E-state index in [0.29, 0.717) is 31.7 Å². The highest BCUT2D eigenvalue weighted by molar-refractivity contribution is 5.97. The second-order valence-corrected chi connectivity index (χ2v) is 7.68. The van der Waals surface area contributed by atoms with Gasteiger partial charge in [-0.15, -0.1) is 0 Å². The summed E-state index contributed by atoms with van der Waals surface area (Å²) in [7, 11) is 0. The summed E-state index contributed by atoms with van der Waals surface area (Å²) in [5.74, 6) is 0.191. The topological polar surface area (TPSA) is 78.1 Å². The van der Waals surface area contributed by atoms with E-state index in [1.807, 2.05) is 24.4 Å². The van der Waals surface area contributed by atoms with Crippen LogP contribution in [0.15, 0.2) is 24.4 Å². The molecule has 2 N–H and O–H groups in total. The molecule has 0 bridgehead atoms. The Morgan fingerprint density at radius 1 is 1.33 bits per heavy atom. The van der Waals surface area contributed by atoms with Gasteiger partial charge in [-0.3, -0.25) is 9.59 Å². The Balaban J connectivity index is 1.40. The largest absolute Gasteiger partial charge is 0.346 e. The molecule has 1 aliphatic heterocycles. The van der Waals surface area contributed by atoms with E-state index >= 15 is 0 Å². The maximum atomic E-state index is 13.2. The highest BCUT2D eigenvalue weighted by atomic mass is 19.1. The first-order valence-electron chi connectivity index (χ1n) is 9.51. The van der Waals surface area contributed by atoms with Gasteiger partial charge >= 0.3 is 0 Å². The number of nitrogens with one attached hydrogen (secondary N) is 2. The number of anilines is 1. The first-order valence-corrected chi connectivity index (χ1v) is 9.51. The van der Waals surface area contributed by atoms with Crippen molar-refractivity contribution in [2.24, 2.45) is 11.8 Å². The Bertz CT molecular complexity index is 962. The van der Waals surface area contributed by atoms with Crippen molar-refractivity contribution in [3.63, 3.8) is 0 Å². The van der Waals surface area contributed by atoms with Crippen LogP contribution >= 0.6 is 0 Å². The van der Waals surface area contributed by atoms with Gasteiger partial charge in [0, 0.05) is 30.6 Å². The number of carbonyl (C=O) groups excluding carboxylic acids is 2. The lowest BCUT2D eigenvalue weighted by molar-refractivity contribution is -0.132. The van der Waals surface area contributed by atoms with Crippen LogP contribution in [0.25, 0.3) is 16.6 Å². The molecule has 3 aliphatic rings. The number of rotatable bonds is 4. The summed E-state index contributed by atoms with van der Waals surface area (Å²) in [6, 6.07) is 3.89. The molecule has 2 fully saturated rings. The predicted molar refractivity (Wildman–Crippen MR) is 99.6 cm³/mol. The van der Waals surface area contributed by atoms with Gasteiger partial charge in [-0.2, -0.15) is 0 Å². The van der Waals surface area contributed by atoms with Crippen LogP contribution in [0.4, 0.5) is 10.2 Å². The molecule has 7 heteroatoms. The minimum atomic E-state index is -0.958. The van der Waals surface area contributed by atoms with Gasteiger partial charge in [-0.05, 0) is 49.0 Å². The lowest BCUT2D eigenvalue weighted by Gasteiger charge is -2.27. The van der Waals surface area contributed by atoms with Crippen LogP contribution in [0.5, 0.6) is 0 Å². The van der Waals surface area contributed by atoms with Gasteiger partial charge in [-0.1, -0.05) is 6.08 Å². The van der Waals surface area contributed by atoms with Crippen LogP contribution in [-0.2, 0) is 9.59 Å². The van der Waals surface area contributed by atoms with E-state index in [0.717, 1.165) is 35.0 Å². The molecule has 140 valence electrons. The number of nitrogens with zero attached hydrogens (tertiary/aromatic N) is 2. The molecule has 2 saturated carbocycles. The summed E-state index contributed by atoms with van der Waals surface area (Å²) in [6.07, 6.45) is 5.87. The Morgan fingerprint density at radius 2 is 2.15 bits per heavy atom. The molecule has 6 nitrogen and oxygen atoms in total. The van der Waals surface area contributed by atoms with Crippen molar-refractivity contribution in [1.82, 2.24) is 14.9 Å². The molecule has 5 rings (SSSR count). The zero-order valence-electron chi connectivity index (χ0n) is 14.9. The van der Waals surface area contributed by atoms with Crippen molar-refractivity contribution in [2.45, 2.75) is 31.9 Å². The third kappa shape index (κ3) is 3.11.